The molecule has 8 heteroatoms. The summed E-state index contributed by atoms with van der Waals surface area (Å²) in [5.74, 6) is -0.308. The van der Waals surface area contributed by atoms with Crippen molar-refractivity contribution in [3.63, 3.8) is 0 Å². The van der Waals surface area contributed by atoms with Crippen LogP contribution in [0.3, 0.4) is 0 Å². The van der Waals surface area contributed by atoms with Gasteiger partial charge in [0.2, 0.25) is 17.7 Å². The third-order valence-corrected chi connectivity index (χ3v) is 5.70. The first-order valence-corrected chi connectivity index (χ1v) is 10.0. The Morgan fingerprint density at radius 3 is 2.63 bits per heavy atom. The van der Waals surface area contributed by atoms with Gasteiger partial charge in [-0.2, -0.15) is 0 Å². The van der Waals surface area contributed by atoms with Crippen LogP contribution in [0.4, 0.5) is 11.4 Å². The van der Waals surface area contributed by atoms with E-state index in [-0.39, 0.29) is 29.9 Å². The van der Waals surface area contributed by atoms with Crippen molar-refractivity contribution in [1.29, 1.82) is 0 Å². The standard InChI is InChI=1S/C19H17BrN2O4S/c1-26-15-5-3-2-4-14(15)22-18(24)10-16(19(22)25)27-11-17(23)21-13-8-6-12(20)7-9-13/h2-9,16H,10-11H2,1H3,(H,21,23)/t16-/m1/s1. The number of thioether (sulfide) groups is 1. The van der Waals surface area contributed by atoms with Gasteiger partial charge in [-0.3, -0.25) is 14.4 Å². The van der Waals surface area contributed by atoms with Gasteiger partial charge in [0.05, 0.1) is 23.8 Å². The zero-order chi connectivity index (χ0) is 19.4. The van der Waals surface area contributed by atoms with Gasteiger partial charge in [-0.15, -0.1) is 11.8 Å². The number of methoxy groups -OCH3 is 1. The second-order valence-corrected chi connectivity index (χ2v) is 7.90. The molecule has 27 heavy (non-hydrogen) atoms. The van der Waals surface area contributed by atoms with Crippen LogP contribution in [0.25, 0.3) is 0 Å². The van der Waals surface area contributed by atoms with E-state index in [4.69, 9.17) is 4.74 Å². The maximum atomic E-state index is 12.7. The molecule has 3 rings (SSSR count). The van der Waals surface area contributed by atoms with Crippen LogP contribution in [-0.4, -0.2) is 35.8 Å². The van der Waals surface area contributed by atoms with Gasteiger partial charge in [0.25, 0.3) is 0 Å². The molecule has 3 amide bonds. The molecule has 2 aromatic carbocycles. The van der Waals surface area contributed by atoms with Crippen LogP contribution in [0, 0.1) is 0 Å². The first-order chi connectivity index (χ1) is 13.0. The number of rotatable bonds is 6. The summed E-state index contributed by atoms with van der Waals surface area (Å²) in [6.45, 7) is 0. The van der Waals surface area contributed by atoms with Gasteiger partial charge in [0.15, 0.2) is 0 Å². The molecular formula is C19H17BrN2O4S. The second kappa shape index (κ2) is 8.58. The number of benzene rings is 2. The number of ether oxygens (including phenoxy) is 1. The van der Waals surface area contributed by atoms with E-state index in [1.54, 1.807) is 36.4 Å². The first-order valence-electron chi connectivity index (χ1n) is 8.16. The van der Waals surface area contributed by atoms with Crippen LogP contribution in [0.2, 0.25) is 0 Å². The van der Waals surface area contributed by atoms with E-state index >= 15 is 0 Å². The number of hydrogen-bond acceptors (Lipinski definition) is 5. The minimum absolute atomic E-state index is 0.0626. The normalized spacial score (nSPS) is 16.5. The smallest absolute Gasteiger partial charge is 0.247 e. The largest absolute Gasteiger partial charge is 0.495 e. The lowest BCUT2D eigenvalue weighted by atomic mass is 10.2. The molecule has 1 atom stereocenters. The molecular weight excluding hydrogens is 432 g/mol. The lowest BCUT2D eigenvalue weighted by Gasteiger charge is -2.17. The lowest BCUT2D eigenvalue weighted by Crippen LogP contribution is -2.31. The zero-order valence-corrected chi connectivity index (χ0v) is 16.9. The minimum Gasteiger partial charge on any atom is -0.495 e. The lowest BCUT2D eigenvalue weighted by molar-refractivity contribution is -0.121. The average Bonchev–Trinajstić information content (AvgIpc) is 2.95. The Morgan fingerprint density at radius 2 is 1.93 bits per heavy atom. The number of imide groups is 1. The number of para-hydroxylation sites is 2. The summed E-state index contributed by atoms with van der Waals surface area (Å²) < 4.78 is 6.16. The highest BCUT2D eigenvalue weighted by Gasteiger charge is 2.41. The number of carbonyl (C=O) groups excluding carboxylic acids is 3. The number of amides is 3. The molecule has 1 saturated heterocycles. The number of anilines is 2. The van der Waals surface area contributed by atoms with Gasteiger partial charge in [-0.1, -0.05) is 28.1 Å². The number of halogens is 1. The Labute approximate surface area is 169 Å². The highest BCUT2D eigenvalue weighted by atomic mass is 79.9. The van der Waals surface area contributed by atoms with Gasteiger partial charge in [-0.05, 0) is 36.4 Å². The maximum absolute atomic E-state index is 12.7. The SMILES string of the molecule is COc1ccccc1N1C(=O)C[C@@H](SCC(=O)Nc2ccc(Br)cc2)C1=O. The van der Waals surface area contributed by atoms with Crippen molar-refractivity contribution in [2.24, 2.45) is 0 Å². The molecule has 1 heterocycles. The fourth-order valence-electron chi connectivity index (χ4n) is 2.71. The number of nitrogens with one attached hydrogen (secondary N) is 1. The van der Waals surface area contributed by atoms with Crippen LogP contribution >= 0.6 is 27.7 Å². The molecule has 0 aliphatic carbocycles. The van der Waals surface area contributed by atoms with Gasteiger partial charge >= 0.3 is 0 Å². The molecule has 140 valence electrons. The Kier molecular flexibility index (Phi) is 6.18. The molecule has 0 aromatic heterocycles. The molecule has 0 bridgehead atoms. The summed E-state index contributed by atoms with van der Waals surface area (Å²) in [6.07, 6.45) is 0.0626. The van der Waals surface area contributed by atoms with Crippen molar-refractivity contribution in [2.75, 3.05) is 23.1 Å². The maximum Gasteiger partial charge on any atom is 0.247 e. The summed E-state index contributed by atoms with van der Waals surface area (Å²) in [4.78, 5) is 38.3. The molecule has 0 spiro atoms. The van der Waals surface area contributed by atoms with E-state index in [9.17, 15) is 14.4 Å². The van der Waals surface area contributed by atoms with Crippen LogP contribution in [0.15, 0.2) is 53.0 Å². The van der Waals surface area contributed by atoms with Crippen LogP contribution in [0.5, 0.6) is 5.75 Å². The predicted molar refractivity (Wildman–Crippen MR) is 109 cm³/mol. The monoisotopic (exact) mass is 448 g/mol. The summed E-state index contributed by atoms with van der Waals surface area (Å²) in [7, 11) is 1.49. The second-order valence-electron chi connectivity index (χ2n) is 5.80. The molecule has 1 aliphatic heterocycles. The van der Waals surface area contributed by atoms with Crippen molar-refractivity contribution in [3.05, 3.63) is 53.0 Å². The van der Waals surface area contributed by atoms with Crippen molar-refractivity contribution in [2.45, 2.75) is 11.7 Å². The molecule has 1 N–H and O–H groups in total. The molecule has 2 aromatic rings. The van der Waals surface area contributed by atoms with E-state index in [1.807, 2.05) is 12.1 Å². The molecule has 0 radical (unpaired) electrons. The zero-order valence-electron chi connectivity index (χ0n) is 14.5. The summed E-state index contributed by atoms with van der Waals surface area (Å²) >= 11 is 4.50. The van der Waals surface area contributed by atoms with E-state index in [2.05, 4.69) is 21.2 Å². The first kappa shape index (κ1) is 19.4. The number of nitrogens with zero attached hydrogens (tertiary/aromatic N) is 1. The third-order valence-electron chi connectivity index (χ3n) is 3.97. The van der Waals surface area contributed by atoms with E-state index in [0.717, 1.165) is 21.1 Å². The third kappa shape index (κ3) is 4.51. The highest BCUT2D eigenvalue weighted by Crippen LogP contribution is 2.35. The fraction of sp³-hybridized carbons (Fsp3) is 0.211. The van der Waals surface area contributed by atoms with Crippen LogP contribution in [0.1, 0.15) is 6.42 Å². The Bertz CT molecular complexity index is 872. The Hall–Kier alpha value is -2.32. The quantitative estimate of drug-likeness (QED) is 0.684. The van der Waals surface area contributed by atoms with Crippen LogP contribution in [-0.2, 0) is 14.4 Å². The van der Waals surface area contributed by atoms with Gasteiger partial charge in [0.1, 0.15) is 5.75 Å². The Morgan fingerprint density at radius 1 is 1.22 bits per heavy atom. The Balaban J connectivity index is 1.61. The van der Waals surface area contributed by atoms with Crippen molar-refractivity contribution >= 4 is 56.8 Å². The van der Waals surface area contributed by atoms with Gasteiger partial charge in [0, 0.05) is 16.6 Å². The summed E-state index contributed by atoms with van der Waals surface area (Å²) in [5.41, 5.74) is 1.10. The molecule has 0 saturated carbocycles. The van der Waals surface area contributed by atoms with Gasteiger partial charge in [-0.25, -0.2) is 4.90 Å². The fourth-order valence-corrected chi connectivity index (χ4v) is 3.91. The van der Waals surface area contributed by atoms with E-state index in [1.165, 1.54) is 7.11 Å². The molecule has 6 nitrogen and oxygen atoms in total. The van der Waals surface area contributed by atoms with Crippen molar-refractivity contribution < 1.29 is 19.1 Å². The summed E-state index contributed by atoms with van der Waals surface area (Å²) in [6, 6.07) is 14.1. The predicted octanol–water partition coefficient (Wildman–Crippen LogP) is 3.46. The van der Waals surface area contributed by atoms with Crippen molar-refractivity contribution in [1.82, 2.24) is 0 Å². The molecule has 1 aliphatic rings. The topological polar surface area (TPSA) is 75.7 Å². The summed E-state index contributed by atoms with van der Waals surface area (Å²) in [5, 5.41) is 2.18. The van der Waals surface area contributed by atoms with Gasteiger partial charge < -0.3 is 10.1 Å². The number of carbonyl (C=O) groups is 3. The molecule has 1 fully saturated rings. The average molecular weight is 449 g/mol. The number of hydrogen-bond donors (Lipinski definition) is 1. The highest BCUT2D eigenvalue weighted by molar-refractivity contribution is 9.10. The van der Waals surface area contributed by atoms with Crippen LogP contribution < -0.4 is 15.0 Å². The molecule has 0 unspecified atom stereocenters. The van der Waals surface area contributed by atoms with E-state index in [0.29, 0.717) is 17.1 Å². The van der Waals surface area contributed by atoms with E-state index < -0.39 is 5.25 Å². The van der Waals surface area contributed by atoms with Crippen molar-refractivity contribution in [3.8, 4) is 5.75 Å². The minimum atomic E-state index is -0.585.